The highest BCUT2D eigenvalue weighted by molar-refractivity contribution is 5.80. The molecule has 5 rings (SSSR count). The molecule has 1 amide bonds. The van der Waals surface area contributed by atoms with Crippen LogP contribution in [0.2, 0.25) is 0 Å². The van der Waals surface area contributed by atoms with Crippen LogP contribution in [0.25, 0.3) is 0 Å². The summed E-state index contributed by atoms with van der Waals surface area (Å²) in [6.45, 7) is -0.253. The van der Waals surface area contributed by atoms with Crippen LogP contribution in [0.4, 0.5) is 26.3 Å². The van der Waals surface area contributed by atoms with Crippen LogP contribution < -0.4 is 20.1 Å². The van der Waals surface area contributed by atoms with Gasteiger partial charge < -0.3 is 24.8 Å². The van der Waals surface area contributed by atoms with Crippen LogP contribution in [-0.2, 0) is 40.6 Å². The number of hydrogen-bond acceptors (Lipinski definition) is 5. The summed E-state index contributed by atoms with van der Waals surface area (Å²) in [5.74, 6) is 0.525. The van der Waals surface area contributed by atoms with Gasteiger partial charge in [-0.05, 0) is 60.7 Å². The number of nitrogens with one attached hydrogen (secondary N) is 2. The molecule has 4 unspecified atom stereocenters. The van der Waals surface area contributed by atoms with Crippen molar-refractivity contribution in [3.05, 3.63) is 94.5 Å². The molecule has 2 N–H and O–H groups in total. The summed E-state index contributed by atoms with van der Waals surface area (Å²) in [6, 6.07) is 15.8. The molecule has 2 aliphatic rings. The quantitative estimate of drug-likeness (QED) is 0.263. The monoisotopic (exact) mass is 622 g/mol. The van der Waals surface area contributed by atoms with E-state index in [1.165, 1.54) is 7.11 Å². The molecule has 2 saturated heterocycles. The number of amides is 1. The predicted octanol–water partition coefficient (Wildman–Crippen LogP) is 6.61. The lowest BCUT2D eigenvalue weighted by atomic mass is 9.80. The van der Waals surface area contributed by atoms with Gasteiger partial charge in [0.25, 0.3) is 0 Å². The minimum Gasteiger partial charge on any atom is -0.497 e. The Morgan fingerprint density at radius 1 is 0.909 bits per heavy atom. The minimum atomic E-state index is -4.96. The first-order valence-corrected chi connectivity index (χ1v) is 14.1. The predicted molar refractivity (Wildman–Crippen MR) is 149 cm³/mol. The highest BCUT2D eigenvalue weighted by Crippen LogP contribution is 2.48. The maximum Gasteiger partial charge on any atom is 0.416 e. The van der Waals surface area contributed by atoms with Crippen LogP contribution >= 0.6 is 0 Å². The molecule has 3 aromatic rings. The molecule has 236 valence electrons. The first kappa shape index (κ1) is 31.6. The number of methoxy groups -OCH3 is 2. The average molecular weight is 623 g/mol. The summed E-state index contributed by atoms with van der Waals surface area (Å²) in [5, 5.41) is 6.55. The smallest absolute Gasteiger partial charge is 0.416 e. The molecule has 0 saturated carbocycles. The van der Waals surface area contributed by atoms with Crippen molar-refractivity contribution < 1.29 is 45.3 Å². The van der Waals surface area contributed by atoms with Crippen molar-refractivity contribution in [2.45, 2.75) is 62.5 Å². The summed E-state index contributed by atoms with van der Waals surface area (Å²) in [7, 11) is 3.07. The summed E-state index contributed by atoms with van der Waals surface area (Å²) < 4.78 is 97.4. The molecule has 0 aliphatic carbocycles. The van der Waals surface area contributed by atoms with Crippen molar-refractivity contribution >= 4 is 5.91 Å². The highest BCUT2D eigenvalue weighted by atomic mass is 19.4. The number of alkyl halides is 6. The Hall–Kier alpha value is -3.77. The first-order chi connectivity index (χ1) is 20.8. The van der Waals surface area contributed by atoms with Gasteiger partial charge in [-0.1, -0.05) is 30.3 Å². The van der Waals surface area contributed by atoms with Crippen LogP contribution in [0.3, 0.4) is 0 Å². The Kier molecular flexibility index (Phi) is 8.86. The minimum absolute atomic E-state index is 0.101. The standard InChI is InChI=1S/C32H32F6N2O4/c1-42-24-9-8-20(27(15-24)43-2)17-39-29(41)25-16-30(21-6-4-3-5-7-21)28(11-10-26(25)40-30)44-18-19-12-22(31(33,34)35)14-23(13-19)32(36,37)38/h3-9,12-15,25-26,28,40H,10-11,16-18H2,1-2H3,(H,39,41). The molecule has 0 radical (unpaired) electrons. The zero-order valence-electron chi connectivity index (χ0n) is 24.0. The number of halogens is 6. The summed E-state index contributed by atoms with van der Waals surface area (Å²) in [6.07, 6.45) is -9.22. The maximum atomic E-state index is 13.5. The Labute approximate surface area is 250 Å². The second-order valence-electron chi connectivity index (χ2n) is 11.1. The van der Waals surface area contributed by atoms with Gasteiger partial charge in [0, 0.05) is 24.2 Å². The third kappa shape index (κ3) is 6.51. The molecule has 2 heterocycles. The lowest BCUT2D eigenvalue weighted by molar-refractivity contribution is -0.143. The summed E-state index contributed by atoms with van der Waals surface area (Å²) in [4.78, 5) is 13.5. The third-order valence-corrected chi connectivity index (χ3v) is 8.43. The van der Waals surface area contributed by atoms with Gasteiger partial charge in [0.15, 0.2) is 0 Å². The van der Waals surface area contributed by atoms with E-state index in [9.17, 15) is 31.1 Å². The molecule has 4 atom stereocenters. The zero-order valence-corrected chi connectivity index (χ0v) is 24.0. The first-order valence-electron chi connectivity index (χ1n) is 14.1. The number of benzene rings is 3. The van der Waals surface area contributed by atoms with Crippen molar-refractivity contribution in [1.29, 1.82) is 0 Å². The van der Waals surface area contributed by atoms with Crippen LogP contribution in [0.5, 0.6) is 11.5 Å². The van der Waals surface area contributed by atoms with Crippen LogP contribution in [0, 0.1) is 5.92 Å². The van der Waals surface area contributed by atoms with Crippen molar-refractivity contribution in [1.82, 2.24) is 10.6 Å². The fourth-order valence-electron chi connectivity index (χ4n) is 6.29. The van der Waals surface area contributed by atoms with Crippen LogP contribution in [-0.4, -0.2) is 32.3 Å². The Balaban J connectivity index is 1.37. The second-order valence-corrected chi connectivity index (χ2v) is 11.1. The highest BCUT2D eigenvalue weighted by Gasteiger charge is 2.56. The molecule has 2 fully saturated rings. The molecular formula is C32H32F6N2O4. The number of rotatable bonds is 9. The third-order valence-electron chi connectivity index (χ3n) is 8.43. The van der Waals surface area contributed by atoms with Gasteiger partial charge in [-0.2, -0.15) is 26.3 Å². The molecule has 12 heteroatoms. The summed E-state index contributed by atoms with van der Waals surface area (Å²) >= 11 is 0. The van der Waals surface area contributed by atoms with E-state index >= 15 is 0 Å². The maximum absolute atomic E-state index is 13.5. The van der Waals surface area contributed by atoms with Crippen LogP contribution in [0.1, 0.15) is 47.1 Å². The normalized spacial score (nSPS) is 23.3. The van der Waals surface area contributed by atoms with Gasteiger partial charge in [0.05, 0.1) is 49.5 Å². The molecule has 44 heavy (non-hydrogen) atoms. The lowest BCUT2D eigenvalue weighted by Crippen LogP contribution is -2.54. The topological polar surface area (TPSA) is 68.8 Å². The van der Waals surface area contributed by atoms with E-state index in [0.29, 0.717) is 42.9 Å². The van der Waals surface area contributed by atoms with Gasteiger partial charge in [-0.25, -0.2) is 0 Å². The fourth-order valence-corrected chi connectivity index (χ4v) is 6.29. The molecule has 2 aliphatic heterocycles. The molecule has 3 aromatic carbocycles. The molecule has 0 spiro atoms. The van der Waals surface area contributed by atoms with E-state index in [1.54, 1.807) is 25.3 Å². The molecule has 6 nitrogen and oxygen atoms in total. The van der Waals surface area contributed by atoms with Crippen molar-refractivity contribution in [3.8, 4) is 11.5 Å². The van der Waals surface area contributed by atoms with E-state index < -0.39 is 47.6 Å². The number of hydrogen-bond donors (Lipinski definition) is 2. The Morgan fingerprint density at radius 2 is 1.59 bits per heavy atom. The molecular weight excluding hydrogens is 590 g/mol. The number of carbonyl (C=O) groups is 1. The largest absolute Gasteiger partial charge is 0.497 e. The van der Waals surface area contributed by atoms with Gasteiger partial charge in [0.1, 0.15) is 11.5 Å². The number of carbonyl (C=O) groups excluding carboxylic acids is 1. The van der Waals surface area contributed by atoms with Crippen LogP contribution in [0.15, 0.2) is 66.7 Å². The van der Waals surface area contributed by atoms with Gasteiger partial charge in [-0.15, -0.1) is 0 Å². The van der Waals surface area contributed by atoms with E-state index in [1.807, 2.05) is 30.3 Å². The van der Waals surface area contributed by atoms with Gasteiger partial charge in [0.2, 0.25) is 5.91 Å². The van der Waals surface area contributed by atoms with Crippen molar-refractivity contribution in [2.75, 3.05) is 14.2 Å². The number of ether oxygens (including phenoxy) is 3. The van der Waals surface area contributed by atoms with E-state index in [2.05, 4.69) is 10.6 Å². The van der Waals surface area contributed by atoms with Crippen molar-refractivity contribution in [3.63, 3.8) is 0 Å². The van der Waals surface area contributed by atoms with Crippen molar-refractivity contribution in [2.24, 2.45) is 5.92 Å². The van der Waals surface area contributed by atoms with Gasteiger partial charge in [-0.3, -0.25) is 4.79 Å². The average Bonchev–Trinajstić information content (AvgIpc) is 3.32. The second kappa shape index (κ2) is 12.3. The van der Waals surface area contributed by atoms with E-state index in [-0.39, 0.29) is 30.1 Å². The number of fused-ring (bicyclic) bond motifs is 2. The zero-order chi connectivity index (χ0) is 31.7. The Morgan fingerprint density at radius 3 is 2.20 bits per heavy atom. The van der Waals surface area contributed by atoms with E-state index in [0.717, 1.165) is 11.1 Å². The van der Waals surface area contributed by atoms with E-state index in [4.69, 9.17) is 14.2 Å². The molecule has 2 bridgehead atoms. The fraction of sp³-hybridized carbons (Fsp3) is 0.406. The SMILES string of the molecule is COc1ccc(CNC(=O)C2CC3(c4ccccc4)NC2CCC3OCc2cc(C(F)(F)F)cc(C(F)(F)F)c2)c(OC)c1. The van der Waals surface area contributed by atoms with Gasteiger partial charge >= 0.3 is 12.4 Å². The number of piperidine rings is 1. The molecule has 0 aromatic heterocycles. The summed E-state index contributed by atoms with van der Waals surface area (Å²) in [5.41, 5.74) is -2.32. The Bertz CT molecular complexity index is 1450. The lowest BCUT2D eigenvalue weighted by Gasteiger charge is -2.42.